The summed E-state index contributed by atoms with van der Waals surface area (Å²) in [6, 6.07) is 15.0. The second kappa shape index (κ2) is 7.20. The van der Waals surface area contributed by atoms with E-state index in [9.17, 15) is 9.59 Å². The molecule has 1 aliphatic heterocycles. The number of nitrogens with zero attached hydrogens (tertiary/aromatic N) is 2. The van der Waals surface area contributed by atoms with Gasteiger partial charge in [0.1, 0.15) is 0 Å². The first-order valence-corrected chi connectivity index (χ1v) is 8.78. The van der Waals surface area contributed by atoms with Gasteiger partial charge in [0.25, 0.3) is 5.91 Å². The molecule has 0 aliphatic carbocycles. The maximum absolute atomic E-state index is 12.9. The number of hydrogen-bond acceptors (Lipinski definition) is 4. The van der Waals surface area contributed by atoms with Gasteiger partial charge in [0.2, 0.25) is 0 Å². The predicted molar refractivity (Wildman–Crippen MR) is 103 cm³/mol. The molecule has 0 fully saturated rings. The van der Waals surface area contributed by atoms with Crippen LogP contribution in [-0.2, 0) is 16.0 Å². The summed E-state index contributed by atoms with van der Waals surface area (Å²) in [6.07, 6.45) is -0.0289. The Hall–Kier alpha value is -2.82. The second-order valence-electron chi connectivity index (χ2n) is 6.88. The molecule has 1 heterocycles. The summed E-state index contributed by atoms with van der Waals surface area (Å²) in [4.78, 5) is 28.9. The zero-order valence-electron chi connectivity index (χ0n) is 15.6. The summed E-state index contributed by atoms with van der Waals surface area (Å²) in [5, 5.41) is 0. The summed E-state index contributed by atoms with van der Waals surface area (Å²) in [7, 11) is 3.87. The fourth-order valence-corrected chi connectivity index (χ4v) is 3.27. The molecule has 0 aromatic heterocycles. The van der Waals surface area contributed by atoms with E-state index >= 15 is 0 Å². The first kappa shape index (κ1) is 18.0. The van der Waals surface area contributed by atoms with Crippen molar-refractivity contribution in [2.24, 2.45) is 0 Å². The molecule has 0 radical (unpaired) electrons. The third-order valence-corrected chi connectivity index (χ3v) is 4.70. The smallest absolute Gasteiger partial charge is 0.338 e. The number of ether oxygens (including phenoxy) is 1. The topological polar surface area (TPSA) is 49.9 Å². The molecule has 0 saturated heterocycles. The fourth-order valence-electron chi connectivity index (χ4n) is 3.27. The van der Waals surface area contributed by atoms with Crippen LogP contribution >= 0.6 is 0 Å². The van der Waals surface area contributed by atoms with Gasteiger partial charge in [0, 0.05) is 31.5 Å². The van der Waals surface area contributed by atoms with Crippen LogP contribution in [0, 0.1) is 0 Å². The molecule has 0 unspecified atom stereocenters. The Balaban J connectivity index is 1.70. The van der Waals surface area contributed by atoms with Gasteiger partial charge in [0.05, 0.1) is 5.56 Å². The zero-order chi connectivity index (χ0) is 18.8. The quantitative estimate of drug-likeness (QED) is 0.793. The fraction of sp³-hybridized carbons (Fsp3) is 0.333. The Bertz CT molecular complexity index is 814. The molecule has 5 nitrogen and oxygen atoms in total. The van der Waals surface area contributed by atoms with Crippen molar-refractivity contribution in [2.45, 2.75) is 32.4 Å². The first-order chi connectivity index (χ1) is 12.4. The molecule has 0 N–H and O–H groups in total. The van der Waals surface area contributed by atoms with Crippen LogP contribution in [0.5, 0.6) is 0 Å². The van der Waals surface area contributed by atoms with Crippen LogP contribution in [0.15, 0.2) is 48.5 Å². The lowest BCUT2D eigenvalue weighted by molar-refractivity contribution is -0.126. The van der Waals surface area contributed by atoms with Gasteiger partial charge in [-0.3, -0.25) is 4.79 Å². The number of para-hydroxylation sites is 1. The van der Waals surface area contributed by atoms with Crippen molar-refractivity contribution in [2.75, 3.05) is 23.9 Å². The third kappa shape index (κ3) is 3.43. The van der Waals surface area contributed by atoms with E-state index in [0.717, 1.165) is 23.4 Å². The minimum atomic E-state index is -0.843. The number of carbonyl (C=O) groups excluding carboxylic acids is 2. The number of carbonyl (C=O) groups is 2. The SMILES string of the molecule is C[C@@H]1Cc2ccccc2N1C(=O)[C@@H](C)OC(=O)c1ccc(N(C)C)cc1. The van der Waals surface area contributed by atoms with Gasteiger partial charge in [-0.1, -0.05) is 18.2 Å². The molecule has 5 heteroatoms. The van der Waals surface area contributed by atoms with Crippen molar-refractivity contribution in [3.63, 3.8) is 0 Å². The van der Waals surface area contributed by atoms with Gasteiger partial charge in [0.15, 0.2) is 6.10 Å². The van der Waals surface area contributed by atoms with E-state index < -0.39 is 12.1 Å². The monoisotopic (exact) mass is 352 g/mol. The summed E-state index contributed by atoms with van der Waals surface area (Å²) < 4.78 is 5.43. The average Bonchev–Trinajstić information content (AvgIpc) is 2.96. The van der Waals surface area contributed by atoms with Crippen molar-refractivity contribution in [3.8, 4) is 0 Å². The Morgan fingerprint density at radius 1 is 1.12 bits per heavy atom. The van der Waals surface area contributed by atoms with Gasteiger partial charge in [-0.2, -0.15) is 0 Å². The molecular weight excluding hydrogens is 328 g/mol. The number of rotatable bonds is 4. The van der Waals surface area contributed by atoms with Crippen LogP contribution in [-0.4, -0.2) is 38.1 Å². The van der Waals surface area contributed by atoms with E-state index in [2.05, 4.69) is 0 Å². The maximum Gasteiger partial charge on any atom is 0.338 e. The van der Waals surface area contributed by atoms with Crippen LogP contribution in [0.2, 0.25) is 0 Å². The lowest BCUT2D eigenvalue weighted by Gasteiger charge is -2.26. The Kier molecular flexibility index (Phi) is 4.98. The van der Waals surface area contributed by atoms with Gasteiger partial charge < -0.3 is 14.5 Å². The highest BCUT2D eigenvalue weighted by Gasteiger charge is 2.34. The number of hydrogen-bond donors (Lipinski definition) is 0. The number of esters is 1. The molecule has 136 valence electrons. The molecule has 26 heavy (non-hydrogen) atoms. The number of benzene rings is 2. The Morgan fingerprint density at radius 3 is 2.42 bits per heavy atom. The molecular formula is C21H24N2O3. The zero-order valence-corrected chi connectivity index (χ0v) is 15.6. The van der Waals surface area contributed by atoms with Crippen molar-refractivity contribution < 1.29 is 14.3 Å². The molecule has 1 amide bonds. The largest absolute Gasteiger partial charge is 0.449 e. The minimum absolute atomic E-state index is 0.0560. The first-order valence-electron chi connectivity index (χ1n) is 8.78. The van der Waals surface area contributed by atoms with Crippen LogP contribution in [0.25, 0.3) is 0 Å². The lowest BCUT2D eigenvalue weighted by atomic mass is 10.1. The highest BCUT2D eigenvalue weighted by atomic mass is 16.5. The van der Waals surface area contributed by atoms with Gasteiger partial charge >= 0.3 is 5.97 Å². The molecule has 2 aromatic carbocycles. The number of amides is 1. The molecule has 2 aromatic rings. The van der Waals surface area contributed by atoms with Gasteiger partial charge in [-0.25, -0.2) is 4.79 Å². The van der Waals surface area contributed by atoms with Gasteiger partial charge in [-0.05, 0) is 56.2 Å². The Labute approximate surface area is 154 Å². The van der Waals surface area contributed by atoms with Crippen LogP contribution in [0.4, 0.5) is 11.4 Å². The molecule has 1 aliphatic rings. The van der Waals surface area contributed by atoms with Crippen molar-refractivity contribution in [3.05, 3.63) is 59.7 Å². The molecule has 3 rings (SSSR count). The van der Waals surface area contributed by atoms with Crippen molar-refractivity contribution >= 4 is 23.3 Å². The molecule has 2 atom stereocenters. The number of anilines is 2. The maximum atomic E-state index is 12.9. The van der Waals surface area contributed by atoms with E-state index in [0.29, 0.717) is 5.56 Å². The highest BCUT2D eigenvalue weighted by Crippen LogP contribution is 2.32. The summed E-state index contributed by atoms with van der Waals surface area (Å²) in [5.41, 5.74) is 3.48. The van der Waals surface area contributed by atoms with E-state index in [-0.39, 0.29) is 11.9 Å². The van der Waals surface area contributed by atoms with E-state index in [4.69, 9.17) is 4.74 Å². The predicted octanol–water partition coefficient (Wildman–Crippen LogP) is 3.28. The molecule has 0 spiro atoms. The standard InChI is InChI=1S/C21H24N2O3/c1-14-13-17-7-5-6-8-19(17)23(14)20(24)15(2)26-21(25)16-9-11-18(12-10-16)22(3)4/h5-12,14-15H,13H2,1-4H3/t14-,15-/m1/s1. The normalized spacial score (nSPS) is 16.8. The van der Waals surface area contributed by atoms with Crippen molar-refractivity contribution in [1.29, 1.82) is 0 Å². The van der Waals surface area contributed by atoms with Gasteiger partial charge in [-0.15, -0.1) is 0 Å². The second-order valence-corrected chi connectivity index (χ2v) is 6.88. The molecule has 0 bridgehead atoms. The summed E-state index contributed by atoms with van der Waals surface area (Å²) in [5.74, 6) is -0.683. The van der Waals surface area contributed by atoms with Crippen LogP contribution in [0.1, 0.15) is 29.8 Å². The average molecular weight is 352 g/mol. The molecule has 0 saturated carbocycles. The summed E-state index contributed by atoms with van der Waals surface area (Å²) in [6.45, 7) is 3.63. The van der Waals surface area contributed by atoms with Crippen LogP contribution in [0.3, 0.4) is 0 Å². The third-order valence-electron chi connectivity index (χ3n) is 4.70. The number of fused-ring (bicyclic) bond motifs is 1. The highest BCUT2D eigenvalue weighted by molar-refractivity contribution is 6.01. The minimum Gasteiger partial charge on any atom is -0.449 e. The summed E-state index contributed by atoms with van der Waals surface area (Å²) >= 11 is 0. The van der Waals surface area contributed by atoms with E-state index in [1.165, 1.54) is 0 Å². The van der Waals surface area contributed by atoms with E-state index in [1.54, 1.807) is 24.0 Å². The van der Waals surface area contributed by atoms with Crippen molar-refractivity contribution in [1.82, 2.24) is 0 Å². The Morgan fingerprint density at radius 2 is 1.77 bits per heavy atom. The van der Waals surface area contributed by atoms with Crippen LogP contribution < -0.4 is 9.80 Å². The lowest BCUT2D eigenvalue weighted by Crippen LogP contribution is -2.43. The van der Waals surface area contributed by atoms with E-state index in [1.807, 2.05) is 62.3 Å².